The van der Waals surface area contributed by atoms with Crippen LogP contribution in [0.25, 0.3) is 0 Å². The van der Waals surface area contributed by atoms with E-state index in [1.165, 1.54) is 0 Å². The molecule has 2 heteroatoms. The molecule has 2 unspecified atom stereocenters. The molecule has 0 saturated heterocycles. The normalized spacial score (nSPS) is 16.4. The molecule has 0 bridgehead atoms. The third kappa shape index (κ3) is 4.08. The van der Waals surface area contributed by atoms with Gasteiger partial charge in [-0.3, -0.25) is 4.79 Å². The van der Waals surface area contributed by atoms with Gasteiger partial charge in [0.05, 0.1) is 6.61 Å². The molecule has 0 aliphatic carbocycles. The number of ether oxygens (including phenoxy) is 1. The van der Waals surface area contributed by atoms with E-state index in [1.807, 2.05) is 30.3 Å². The molecule has 1 aromatic rings. The second-order valence-corrected chi connectivity index (χ2v) is 2.81. The number of esters is 1. The molecule has 14 heavy (non-hydrogen) atoms. The summed E-state index contributed by atoms with van der Waals surface area (Å²) in [5.74, 6) is -0.546. The van der Waals surface area contributed by atoms with E-state index < -0.39 is 18.8 Å². The van der Waals surface area contributed by atoms with Crippen molar-refractivity contribution in [1.29, 1.82) is 0 Å². The van der Waals surface area contributed by atoms with Crippen LogP contribution in [0, 0.1) is 0 Å². The largest absolute Gasteiger partial charge is 0.466 e. The summed E-state index contributed by atoms with van der Waals surface area (Å²) < 4.78 is 20.1. The summed E-state index contributed by atoms with van der Waals surface area (Å²) in [4.78, 5) is 11.2. The monoisotopic (exact) mass is 194 g/mol. The van der Waals surface area contributed by atoms with Gasteiger partial charge < -0.3 is 4.74 Å². The summed E-state index contributed by atoms with van der Waals surface area (Å²) in [6, 6.07) is 9.23. The lowest BCUT2D eigenvalue weighted by Crippen LogP contribution is -2.03. The Morgan fingerprint density at radius 3 is 2.79 bits per heavy atom. The Balaban J connectivity index is 2.51. The van der Waals surface area contributed by atoms with E-state index in [2.05, 4.69) is 0 Å². The van der Waals surface area contributed by atoms with Crippen molar-refractivity contribution in [2.45, 2.75) is 26.1 Å². The molecule has 76 valence electrons. The van der Waals surface area contributed by atoms with Crippen molar-refractivity contribution < 1.29 is 12.3 Å². The summed E-state index contributed by atoms with van der Waals surface area (Å²) in [7, 11) is 0. The van der Waals surface area contributed by atoms with Crippen molar-refractivity contribution in [3.05, 3.63) is 35.9 Å². The topological polar surface area (TPSA) is 26.3 Å². The standard InChI is InChI=1S/C12H16O2/c1-2-14-12(13)10-6-9-11-7-4-3-5-8-11/h3-5,7-8H,2,6,9-10H2,1H3/i9D,10D. The molecule has 0 radical (unpaired) electrons. The first-order valence-corrected chi connectivity index (χ1v) is 4.71. The highest BCUT2D eigenvalue weighted by atomic mass is 16.5. The van der Waals surface area contributed by atoms with Gasteiger partial charge in [-0.25, -0.2) is 0 Å². The first-order valence-electron chi connectivity index (χ1n) is 5.86. The predicted molar refractivity (Wildman–Crippen MR) is 56.0 cm³/mol. The van der Waals surface area contributed by atoms with E-state index in [9.17, 15) is 4.79 Å². The second kappa shape index (κ2) is 6.19. The average molecular weight is 194 g/mol. The summed E-state index contributed by atoms with van der Waals surface area (Å²) in [6.45, 7) is 1.99. The van der Waals surface area contributed by atoms with Gasteiger partial charge in [0.25, 0.3) is 0 Å². The van der Waals surface area contributed by atoms with Gasteiger partial charge in [0.1, 0.15) is 0 Å². The van der Waals surface area contributed by atoms with Crippen LogP contribution in [0.5, 0.6) is 0 Å². The van der Waals surface area contributed by atoms with Gasteiger partial charge in [-0.15, -0.1) is 0 Å². The van der Waals surface area contributed by atoms with Crippen LogP contribution in [0.15, 0.2) is 30.3 Å². The van der Waals surface area contributed by atoms with Crippen LogP contribution >= 0.6 is 0 Å². The molecule has 0 heterocycles. The average Bonchev–Trinajstić information content (AvgIpc) is 2.30. The second-order valence-electron chi connectivity index (χ2n) is 2.81. The molecule has 2 atom stereocenters. The zero-order valence-corrected chi connectivity index (χ0v) is 8.27. The Morgan fingerprint density at radius 1 is 1.43 bits per heavy atom. The number of carbonyl (C=O) groups excluding carboxylic acids is 1. The maximum atomic E-state index is 11.2. The first kappa shape index (κ1) is 8.04. The van der Waals surface area contributed by atoms with Crippen molar-refractivity contribution in [1.82, 2.24) is 0 Å². The van der Waals surface area contributed by atoms with Crippen molar-refractivity contribution in [3.63, 3.8) is 0 Å². The zero-order valence-electron chi connectivity index (χ0n) is 10.3. The van der Waals surface area contributed by atoms with Gasteiger partial charge >= 0.3 is 5.97 Å². The maximum Gasteiger partial charge on any atom is 0.305 e. The number of carbonyl (C=O) groups is 1. The lowest BCUT2D eigenvalue weighted by Gasteiger charge is -2.01. The summed E-state index contributed by atoms with van der Waals surface area (Å²) >= 11 is 0. The summed E-state index contributed by atoms with van der Waals surface area (Å²) in [5, 5.41) is 0. The number of aryl methyl sites for hydroxylation is 1. The fraction of sp³-hybridized carbons (Fsp3) is 0.417. The predicted octanol–water partition coefficient (Wildman–Crippen LogP) is 2.57. The molecular weight excluding hydrogens is 176 g/mol. The van der Waals surface area contributed by atoms with Crippen LogP contribution < -0.4 is 0 Å². The van der Waals surface area contributed by atoms with Gasteiger partial charge in [0.15, 0.2) is 0 Å². The van der Waals surface area contributed by atoms with E-state index in [0.717, 1.165) is 5.56 Å². The van der Waals surface area contributed by atoms with E-state index in [4.69, 9.17) is 7.48 Å². The molecular formula is C12H16O2. The molecule has 0 aromatic heterocycles. The maximum absolute atomic E-state index is 11.2. The van der Waals surface area contributed by atoms with E-state index >= 15 is 0 Å². The third-order valence-corrected chi connectivity index (χ3v) is 1.72. The van der Waals surface area contributed by atoms with Crippen molar-refractivity contribution in [2.75, 3.05) is 6.61 Å². The van der Waals surface area contributed by atoms with Crippen molar-refractivity contribution in [3.8, 4) is 0 Å². The fourth-order valence-electron chi connectivity index (χ4n) is 1.08. The molecule has 0 spiro atoms. The smallest absolute Gasteiger partial charge is 0.305 e. The number of benzene rings is 1. The Labute approximate surface area is 87.7 Å². The van der Waals surface area contributed by atoms with Crippen molar-refractivity contribution >= 4 is 5.97 Å². The van der Waals surface area contributed by atoms with Crippen LogP contribution in [-0.2, 0) is 15.9 Å². The first-order chi connectivity index (χ1) is 7.65. The number of hydrogen-bond donors (Lipinski definition) is 0. The van der Waals surface area contributed by atoms with Gasteiger partial charge in [-0.1, -0.05) is 30.3 Å². The highest BCUT2D eigenvalue weighted by Crippen LogP contribution is 2.04. The van der Waals surface area contributed by atoms with Gasteiger partial charge in [0.2, 0.25) is 0 Å². The molecule has 0 fully saturated rings. The van der Waals surface area contributed by atoms with Crippen LogP contribution in [0.2, 0.25) is 0 Å². The minimum absolute atomic E-state index is 0.169. The summed E-state index contributed by atoms with van der Waals surface area (Å²) in [6.07, 6.45) is -1.35. The minimum atomic E-state index is -0.970. The van der Waals surface area contributed by atoms with Crippen LogP contribution in [-0.4, -0.2) is 12.6 Å². The van der Waals surface area contributed by atoms with Crippen LogP contribution in [0.3, 0.4) is 0 Å². The molecule has 1 rings (SSSR count). The molecule has 0 aliphatic rings. The molecule has 0 saturated carbocycles. The van der Waals surface area contributed by atoms with E-state index in [-0.39, 0.29) is 13.0 Å². The Hall–Kier alpha value is -1.31. The van der Waals surface area contributed by atoms with Gasteiger partial charge in [0, 0.05) is 9.14 Å². The highest BCUT2D eigenvalue weighted by Gasteiger charge is 2.00. The Morgan fingerprint density at radius 2 is 2.14 bits per heavy atom. The Kier molecular flexibility index (Phi) is 3.55. The third-order valence-electron chi connectivity index (χ3n) is 1.72. The quantitative estimate of drug-likeness (QED) is 0.673. The Bertz CT molecular complexity index is 327. The lowest BCUT2D eigenvalue weighted by molar-refractivity contribution is -0.143. The highest BCUT2D eigenvalue weighted by molar-refractivity contribution is 5.69. The lowest BCUT2D eigenvalue weighted by atomic mass is 10.1. The molecule has 0 amide bonds. The number of hydrogen-bond acceptors (Lipinski definition) is 2. The SMILES string of the molecule is [2H]C(CC([2H])c1ccccc1)C(=O)OCC. The van der Waals surface area contributed by atoms with Crippen LogP contribution in [0.1, 0.15) is 28.0 Å². The summed E-state index contributed by atoms with van der Waals surface area (Å²) in [5.41, 5.74) is 0.823. The number of rotatable bonds is 5. The van der Waals surface area contributed by atoms with E-state index in [1.54, 1.807) is 6.92 Å². The molecule has 0 N–H and O–H groups in total. The van der Waals surface area contributed by atoms with Gasteiger partial charge in [-0.2, -0.15) is 0 Å². The minimum Gasteiger partial charge on any atom is -0.466 e. The van der Waals surface area contributed by atoms with Crippen molar-refractivity contribution in [2.24, 2.45) is 0 Å². The molecule has 1 aromatic carbocycles. The van der Waals surface area contributed by atoms with Crippen LogP contribution in [0.4, 0.5) is 0 Å². The molecule has 2 nitrogen and oxygen atoms in total. The molecule has 0 aliphatic heterocycles. The van der Waals surface area contributed by atoms with E-state index in [0.29, 0.717) is 0 Å². The van der Waals surface area contributed by atoms with Gasteiger partial charge in [-0.05, 0) is 25.3 Å². The zero-order chi connectivity index (χ0) is 12.0. The fourth-order valence-corrected chi connectivity index (χ4v) is 1.08.